The smallest absolute Gasteiger partial charge is 0.137 e. The lowest BCUT2D eigenvalue weighted by molar-refractivity contribution is 0.410. The summed E-state index contributed by atoms with van der Waals surface area (Å²) in [7, 11) is 1.59. The van der Waals surface area contributed by atoms with Gasteiger partial charge in [0.1, 0.15) is 17.1 Å². The molecule has 0 saturated carbocycles. The molecule has 0 aliphatic heterocycles. The van der Waals surface area contributed by atoms with E-state index in [9.17, 15) is 5.11 Å². The highest BCUT2D eigenvalue weighted by Gasteiger charge is 2.15. The van der Waals surface area contributed by atoms with Crippen LogP contribution >= 0.6 is 0 Å². The molecule has 0 spiro atoms. The molecule has 18 heavy (non-hydrogen) atoms. The van der Waals surface area contributed by atoms with Gasteiger partial charge in [-0.1, -0.05) is 6.07 Å². The zero-order valence-electron chi connectivity index (χ0n) is 9.84. The first kappa shape index (κ1) is 10.7. The Kier molecular flexibility index (Phi) is 2.41. The third-order valence-electron chi connectivity index (χ3n) is 2.94. The summed E-state index contributed by atoms with van der Waals surface area (Å²) < 4.78 is 5.30. The molecule has 3 rings (SSSR count). The Bertz CT molecular complexity index is 704. The Morgan fingerprint density at radius 3 is 2.94 bits per heavy atom. The number of hydrogen-bond acceptors (Lipinski definition) is 3. The van der Waals surface area contributed by atoms with Gasteiger partial charge in [0.05, 0.1) is 12.7 Å². The molecule has 4 heteroatoms. The highest BCUT2D eigenvalue weighted by molar-refractivity contribution is 5.96. The Hall–Kier alpha value is -2.49. The fraction of sp³-hybridized carbons (Fsp3) is 0.0714. The van der Waals surface area contributed by atoms with Crippen molar-refractivity contribution >= 4 is 11.0 Å². The molecule has 0 amide bonds. The first-order chi connectivity index (χ1) is 8.81. The van der Waals surface area contributed by atoms with Crippen molar-refractivity contribution in [3.63, 3.8) is 0 Å². The highest BCUT2D eigenvalue weighted by Crippen LogP contribution is 2.40. The van der Waals surface area contributed by atoms with Crippen LogP contribution in [0.25, 0.3) is 22.2 Å². The average molecular weight is 240 g/mol. The zero-order chi connectivity index (χ0) is 12.5. The molecule has 90 valence electrons. The maximum Gasteiger partial charge on any atom is 0.137 e. The van der Waals surface area contributed by atoms with E-state index in [0.29, 0.717) is 11.3 Å². The molecular formula is C14H12N2O2. The minimum Gasteiger partial charge on any atom is -0.507 e. The summed E-state index contributed by atoms with van der Waals surface area (Å²) in [6.07, 6.45) is 3.56. The number of aromatic nitrogens is 2. The van der Waals surface area contributed by atoms with Gasteiger partial charge in [-0.25, -0.2) is 4.98 Å². The summed E-state index contributed by atoms with van der Waals surface area (Å²) in [6, 6.07) is 9.05. The molecule has 2 aromatic heterocycles. The summed E-state index contributed by atoms with van der Waals surface area (Å²) in [5, 5.41) is 11.0. The number of nitrogens with zero attached hydrogens (tertiary/aromatic N) is 1. The van der Waals surface area contributed by atoms with E-state index in [1.165, 1.54) is 0 Å². The van der Waals surface area contributed by atoms with Crippen LogP contribution in [0.3, 0.4) is 0 Å². The van der Waals surface area contributed by atoms with Gasteiger partial charge in [-0.2, -0.15) is 0 Å². The lowest BCUT2D eigenvalue weighted by Crippen LogP contribution is -1.87. The van der Waals surface area contributed by atoms with Crippen LogP contribution in [-0.2, 0) is 0 Å². The predicted octanol–water partition coefficient (Wildman–Crippen LogP) is 2.94. The van der Waals surface area contributed by atoms with Gasteiger partial charge in [-0.3, -0.25) is 0 Å². The van der Waals surface area contributed by atoms with Gasteiger partial charge in [0.2, 0.25) is 0 Å². The summed E-state index contributed by atoms with van der Waals surface area (Å²) in [6.45, 7) is 0. The Morgan fingerprint density at radius 2 is 2.11 bits per heavy atom. The van der Waals surface area contributed by atoms with E-state index >= 15 is 0 Å². The molecular weight excluding hydrogens is 228 g/mol. The molecule has 2 heterocycles. The van der Waals surface area contributed by atoms with Crippen molar-refractivity contribution in [2.45, 2.75) is 0 Å². The van der Waals surface area contributed by atoms with Crippen LogP contribution in [-0.4, -0.2) is 22.2 Å². The number of phenolic OH excluding ortho intramolecular Hbond substituents is 1. The Labute approximate surface area is 104 Å². The predicted molar refractivity (Wildman–Crippen MR) is 69.7 cm³/mol. The van der Waals surface area contributed by atoms with Crippen molar-refractivity contribution in [1.82, 2.24) is 9.97 Å². The number of aromatic amines is 1. The van der Waals surface area contributed by atoms with Crippen molar-refractivity contribution < 1.29 is 9.84 Å². The number of pyridine rings is 1. The molecule has 0 aliphatic carbocycles. The number of methoxy groups -OCH3 is 1. The topological polar surface area (TPSA) is 58.1 Å². The number of benzene rings is 1. The molecule has 0 radical (unpaired) electrons. The molecule has 0 fully saturated rings. The van der Waals surface area contributed by atoms with Crippen LogP contribution in [0.1, 0.15) is 0 Å². The van der Waals surface area contributed by atoms with E-state index < -0.39 is 0 Å². The fourth-order valence-corrected chi connectivity index (χ4v) is 2.12. The maximum absolute atomic E-state index is 10.0. The number of hydrogen-bond donors (Lipinski definition) is 2. The van der Waals surface area contributed by atoms with Crippen LogP contribution in [0.5, 0.6) is 11.5 Å². The van der Waals surface area contributed by atoms with Crippen LogP contribution in [0, 0.1) is 0 Å². The monoisotopic (exact) mass is 240 g/mol. The van der Waals surface area contributed by atoms with Crippen LogP contribution in [0.2, 0.25) is 0 Å². The van der Waals surface area contributed by atoms with Gasteiger partial charge in [0.15, 0.2) is 0 Å². The quantitative estimate of drug-likeness (QED) is 0.724. The van der Waals surface area contributed by atoms with E-state index in [4.69, 9.17) is 4.74 Å². The van der Waals surface area contributed by atoms with E-state index in [1.54, 1.807) is 25.4 Å². The van der Waals surface area contributed by atoms with Crippen molar-refractivity contribution in [3.8, 4) is 22.6 Å². The fourth-order valence-electron chi connectivity index (χ4n) is 2.12. The van der Waals surface area contributed by atoms with Gasteiger partial charge < -0.3 is 14.8 Å². The Balaban J connectivity index is 2.33. The lowest BCUT2D eigenvalue weighted by Gasteiger charge is -2.09. The molecule has 1 aromatic carbocycles. The number of fused-ring (bicyclic) bond motifs is 1. The Morgan fingerprint density at radius 1 is 1.22 bits per heavy atom. The molecule has 0 saturated heterocycles. The van der Waals surface area contributed by atoms with Gasteiger partial charge in [0, 0.05) is 23.3 Å². The van der Waals surface area contributed by atoms with Crippen molar-refractivity contribution in [3.05, 3.63) is 42.7 Å². The minimum absolute atomic E-state index is 0.194. The number of rotatable bonds is 2. The zero-order valence-corrected chi connectivity index (χ0v) is 9.84. The number of phenols is 1. The number of aromatic hydroxyl groups is 1. The van der Waals surface area contributed by atoms with E-state index in [2.05, 4.69) is 9.97 Å². The van der Waals surface area contributed by atoms with E-state index in [1.807, 2.05) is 24.4 Å². The molecule has 2 N–H and O–H groups in total. The van der Waals surface area contributed by atoms with Crippen molar-refractivity contribution in [2.24, 2.45) is 0 Å². The summed E-state index contributed by atoms with van der Waals surface area (Å²) in [5.74, 6) is 0.832. The van der Waals surface area contributed by atoms with Crippen molar-refractivity contribution in [2.75, 3.05) is 7.11 Å². The van der Waals surface area contributed by atoms with Gasteiger partial charge >= 0.3 is 0 Å². The lowest BCUT2D eigenvalue weighted by atomic mass is 10.0. The number of H-pyrrole nitrogens is 1. The van der Waals surface area contributed by atoms with E-state index in [-0.39, 0.29) is 5.75 Å². The number of ether oxygens (including phenoxy) is 1. The second-order valence-electron chi connectivity index (χ2n) is 3.96. The molecule has 0 unspecified atom stereocenters. The van der Waals surface area contributed by atoms with Gasteiger partial charge in [-0.15, -0.1) is 0 Å². The highest BCUT2D eigenvalue weighted by atomic mass is 16.5. The summed E-state index contributed by atoms with van der Waals surface area (Å²) >= 11 is 0. The maximum atomic E-state index is 10.0. The van der Waals surface area contributed by atoms with E-state index in [0.717, 1.165) is 16.6 Å². The van der Waals surface area contributed by atoms with Gasteiger partial charge in [0.25, 0.3) is 0 Å². The average Bonchev–Trinajstić information content (AvgIpc) is 2.82. The van der Waals surface area contributed by atoms with Crippen LogP contribution in [0.4, 0.5) is 0 Å². The second kappa shape index (κ2) is 4.07. The number of nitrogens with one attached hydrogen (secondary N) is 1. The normalized spacial score (nSPS) is 10.7. The largest absolute Gasteiger partial charge is 0.507 e. The molecule has 0 aliphatic rings. The summed E-state index contributed by atoms with van der Waals surface area (Å²) in [5.41, 5.74) is 2.35. The molecule has 4 nitrogen and oxygen atoms in total. The second-order valence-corrected chi connectivity index (χ2v) is 3.96. The van der Waals surface area contributed by atoms with Gasteiger partial charge in [-0.05, 0) is 24.3 Å². The first-order valence-corrected chi connectivity index (χ1v) is 5.59. The minimum atomic E-state index is 0.194. The van der Waals surface area contributed by atoms with Crippen LogP contribution < -0.4 is 4.74 Å². The standard InChI is InChI=1S/C14H12N2O2/c1-18-12-6-2-5-11(17)13(12)10-8-16-14-9(10)4-3-7-15-14/h2-8,17H,1H3,(H,15,16). The molecule has 0 atom stereocenters. The van der Waals surface area contributed by atoms with Crippen molar-refractivity contribution in [1.29, 1.82) is 0 Å². The van der Waals surface area contributed by atoms with Crippen LogP contribution in [0.15, 0.2) is 42.7 Å². The third kappa shape index (κ3) is 1.50. The SMILES string of the molecule is COc1cccc(O)c1-c1c[nH]c2ncccc12. The first-order valence-electron chi connectivity index (χ1n) is 5.59. The molecule has 0 bridgehead atoms. The summed E-state index contributed by atoms with van der Waals surface area (Å²) in [4.78, 5) is 7.32. The third-order valence-corrected chi connectivity index (χ3v) is 2.94. The molecule has 3 aromatic rings.